The zero-order chi connectivity index (χ0) is 12.1. The molecule has 17 heavy (non-hydrogen) atoms. The first-order chi connectivity index (χ1) is 8.31. The highest BCUT2D eigenvalue weighted by atomic mass is 35.5. The molecule has 5 heteroatoms. The van der Waals surface area contributed by atoms with Crippen molar-refractivity contribution in [3.63, 3.8) is 0 Å². The van der Waals surface area contributed by atoms with Gasteiger partial charge in [0.2, 0.25) is 11.8 Å². The summed E-state index contributed by atoms with van der Waals surface area (Å²) in [7, 11) is 0. The van der Waals surface area contributed by atoms with Crippen LogP contribution in [0.25, 0.3) is 11.5 Å². The monoisotopic (exact) mass is 268 g/mol. The lowest BCUT2D eigenvalue weighted by Crippen LogP contribution is -1.81. The Morgan fingerprint density at radius 1 is 1.29 bits per heavy atom. The molecule has 0 bridgehead atoms. The van der Waals surface area contributed by atoms with Gasteiger partial charge in [0.15, 0.2) is 0 Å². The van der Waals surface area contributed by atoms with Crippen LogP contribution in [0.5, 0.6) is 0 Å². The van der Waals surface area contributed by atoms with Crippen LogP contribution >= 0.6 is 23.4 Å². The van der Waals surface area contributed by atoms with E-state index in [1.807, 2.05) is 24.3 Å². The smallest absolute Gasteiger partial charge is 0.249 e. The molecule has 0 saturated carbocycles. The molecule has 0 saturated heterocycles. The SMILES string of the molecule is CCCSCc1nnc(-c2ccccc2Cl)o1. The van der Waals surface area contributed by atoms with Crippen molar-refractivity contribution in [1.82, 2.24) is 10.2 Å². The number of rotatable bonds is 5. The summed E-state index contributed by atoms with van der Waals surface area (Å²) < 4.78 is 5.57. The molecule has 0 aliphatic carbocycles. The third-order valence-corrected chi connectivity index (χ3v) is 3.62. The van der Waals surface area contributed by atoms with Gasteiger partial charge in [0, 0.05) is 0 Å². The van der Waals surface area contributed by atoms with E-state index in [0.717, 1.165) is 23.5 Å². The molecule has 90 valence electrons. The quantitative estimate of drug-likeness (QED) is 0.768. The van der Waals surface area contributed by atoms with Crippen molar-refractivity contribution >= 4 is 23.4 Å². The van der Waals surface area contributed by atoms with Gasteiger partial charge in [-0.05, 0) is 24.3 Å². The highest BCUT2D eigenvalue weighted by molar-refractivity contribution is 7.98. The van der Waals surface area contributed by atoms with Crippen LogP contribution in [0.3, 0.4) is 0 Å². The van der Waals surface area contributed by atoms with Gasteiger partial charge in [-0.25, -0.2) is 0 Å². The average Bonchev–Trinajstić information content (AvgIpc) is 2.79. The molecule has 1 aromatic carbocycles. The minimum atomic E-state index is 0.489. The van der Waals surface area contributed by atoms with E-state index < -0.39 is 0 Å². The molecule has 0 aliphatic rings. The molecule has 0 atom stereocenters. The van der Waals surface area contributed by atoms with Crippen LogP contribution in [0.2, 0.25) is 5.02 Å². The Hall–Kier alpha value is -1.00. The second kappa shape index (κ2) is 6.07. The van der Waals surface area contributed by atoms with Crippen LogP contribution in [0, 0.1) is 0 Å². The Bertz CT molecular complexity index is 487. The zero-order valence-electron chi connectivity index (χ0n) is 9.52. The van der Waals surface area contributed by atoms with E-state index in [9.17, 15) is 0 Å². The molecule has 1 aromatic heterocycles. The molecule has 0 aliphatic heterocycles. The van der Waals surface area contributed by atoms with E-state index in [1.165, 1.54) is 0 Å². The van der Waals surface area contributed by atoms with E-state index in [4.69, 9.17) is 16.0 Å². The molecule has 0 fully saturated rings. The first-order valence-electron chi connectivity index (χ1n) is 5.46. The summed E-state index contributed by atoms with van der Waals surface area (Å²) in [4.78, 5) is 0. The van der Waals surface area contributed by atoms with Crippen LogP contribution in [-0.4, -0.2) is 16.0 Å². The maximum Gasteiger partial charge on any atom is 0.249 e. The van der Waals surface area contributed by atoms with Crippen LogP contribution in [-0.2, 0) is 5.75 Å². The van der Waals surface area contributed by atoms with Gasteiger partial charge >= 0.3 is 0 Å². The maximum atomic E-state index is 6.06. The number of hydrogen-bond donors (Lipinski definition) is 0. The molecule has 0 spiro atoms. The number of halogens is 1. The first kappa shape index (κ1) is 12.5. The Kier molecular flexibility index (Phi) is 4.45. The second-order valence-electron chi connectivity index (χ2n) is 3.53. The Labute approximate surface area is 110 Å². The highest BCUT2D eigenvalue weighted by Gasteiger charge is 2.10. The van der Waals surface area contributed by atoms with Crippen molar-refractivity contribution in [2.24, 2.45) is 0 Å². The average molecular weight is 269 g/mol. The third-order valence-electron chi connectivity index (χ3n) is 2.15. The molecule has 0 radical (unpaired) electrons. The lowest BCUT2D eigenvalue weighted by molar-refractivity contribution is 0.528. The summed E-state index contributed by atoms with van der Waals surface area (Å²) in [5.74, 6) is 3.00. The largest absolute Gasteiger partial charge is 0.420 e. The summed E-state index contributed by atoms with van der Waals surface area (Å²) >= 11 is 7.85. The highest BCUT2D eigenvalue weighted by Crippen LogP contribution is 2.26. The summed E-state index contributed by atoms with van der Waals surface area (Å²) in [5.41, 5.74) is 0.786. The van der Waals surface area contributed by atoms with E-state index in [-0.39, 0.29) is 0 Å². The number of hydrogen-bond acceptors (Lipinski definition) is 4. The van der Waals surface area contributed by atoms with Crippen LogP contribution in [0.1, 0.15) is 19.2 Å². The normalized spacial score (nSPS) is 10.7. The van der Waals surface area contributed by atoms with E-state index >= 15 is 0 Å². The van der Waals surface area contributed by atoms with Gasteiger partial charge in [0.1, 0.15) is 0 Å². The predicted octanol–water partition coefficient (Wildman–Crippen LogP) is 4.03. The number of nitrogens with zero attached hydrogens (tertiary/aromatic N) is 2. The number of thioether (sulfide) groups is 1. The molecular weight excluding hydrogens is 256 g/mol. The maximum absolute atomic E-state index is 6.06. The standard InChI is InChI=1S/C12H13ClN2OS/c1-2-7-17-8-11-14-15-12(16-11)9-5-3-4-6-10(9)13/h3-6H,2,7-8H2,1H3. The van der Waals surface area contributed by atoms with E-state index in [1.54, 1.807) is 11.8 Å². The van der Waals surface area contributed by atoms with Gasteiger partial charge < -0.3 is 4.42 Å². The van der Waals surface area contributed by atoms with Crippen molar-refractivity contribution in [2.45, 2.75) is 19.1 Å². The van der Waals surface area contributed by atoms with Crippen LogP contribution in [0.15, 0.2) is 28.7 Å². The zero-order valence-corrected chi connectivity index (χ0v) is 11.1. The van der Waals surface area contributed by atoms with Gasteiger partial charge in [0.05, 0.1) is 16.3 Å². The van der Waals surface area contributed by atoms with Gasteiger partial charge in [-0.2, -0.15) is 11.8 Å². The molecule has 3 nitrogen and oxygen atoms in total. The fourth-order valence-electron chi connectivity index (χ4n) is 1.36. The summed E-state index contributed by atoms with van der Waals surface area (Å²) in [6.07, 6.45) is 1.15. The number of benzene rings is 1. The minimum absolute atomic E-state index is 0.489. The molecule has 2 aromatic rings. The van der Waals surface area contributed by atoms with Gasteiger partial charge in [-0.1, -0.05) is 30.7 Å². The molecule has 0 unspecified atom stereocenters. The van der Waals surface area contributed by atoms with Gasteiger partial charge in [0.25, 0.3) is 0 Å². The van der Waals surface area contributed by atoms with Crippen molar-refractivity contribution in [3.8, 4) is 11.5 Å². The van der Waals surface area contributed by atoms with E-state index in [2.05, 4.69) is 17.1 Å². The van der Waals surface area contributed by atoms with Crippen molar-refractivity contribution in [3.05, 3.63) is 35.2 Å². The van der Waals surface area contributed by atoms with Gasteiger partial charge in [-0.3, -0.25) is 0 Å². The first-order valence-corrected chi connectivity index (χ1v) is 6.99. The van der Waals surface area contributed by atoms with E-state index in [0.29, 0.717) is 16.8 Å². The van der Waals surface area contributed by atoms with Crippen molar-refractivity contribution < 1.29 is 4.42 Å². The number of aromatic nitrogens is 2. The Morgan fingerprint density at radius 2 is 2.12 bits per heavy atom. The molecule has 0 amide bonds. The van der Waals surface area contributed by atoms with Crippen molar-refractivity contribution in [2.75, 3.05) is 5.75 Å². The molecule has 2 rings (SSSR count). The molecular formula is C12H13ClN2OS. The summed E-state index contributed by atoms with van der Waals surface area (Å²) in [5, 5.41) is 8.65. The lowest BCUT2D eigenvalue weighted by atomic mass is 10.2. The minimum Gasteiger partial charge on any atom is -0.420 e. The fraction of sp³-hybridized carbons (Fsp3) is 0.333. The Morgan fingerprint density at radius 3 is 2.88 bits per heavy atom. The Balaban J connectivity index is 2.10. The fourth-order valence-corrected chi connectivity index (χ4v) is 2.30. The topological polar surface area (TPSA) is 38.9 Å². The van der Waals surface area contributed by atoms with Gasteiger partial charge in [-0.15, -0.1) is 10.2 Å². The predicted molar refractivity (Wildman–Crippen MR) is 71.2 cm³/mol. The summed E-state index contributed by atoms with van der Waals surface area (Å²) in [6.45, 7) is 2.15. The van der Waals surface area contributed by atoms with Crippen molar-refractivity contribution in [1.29, 1.82) is 0 Å². The summed E-state index contributed by atoms with van der Waals surface area (Å²) in [6, 6.07) is 7.46. The van der Waals surface area contributed by atoms with Crippen LogP contribution in [0.4, 0.5) is 0 Å². The second-order valence-corrected chi connectivity index (χ2v) is 5.05. The molecule has 1 heterocycles. The molecule has 0 N–H and O–H groups in total. The lowest BCUT2D eigenvalue weighted by Gasteiger charge is -1.97. The van der Waals surface area contributed by atoms with Crippen LogP contribution < -0.4 is 0 Å². The third kappa shape index (κ3) is 3.23.